The zero-order chi connectivity index (χ0) is 25.8. The molecular formula is C28H22BrFN2O4S. The first kappa shape index (κ1) is 25.1. The van der Waals surface area contributed by atoms with Gasteiger partial charge in [-0.3, -0.25) is 14.5 Å². The highest BCUT2D eigenvalue weighted by Crippen LogP contribution is 2.34. The summed E-state index contributed by atoms with van der Waals surface area (Å²) in [6.45, 7) is 1.31. The quantitative estimate of drug-likeness (QED) is 0.205. The molecule has 5 rings (SSSR count). The standard InChI is InChI=1S/C28H22BrFN2O4S/c29-20-6-11-25-24(17-20)19(18-31(25)12-14-35-22-4-2-1-3-5-22)16-26-27(33)32(28(34)37-26)13-15-36-23-9-7-21(30)8-10-23/h1-11,16-18H,12-15H2/b26-16-. The van der Waals surface area contributed by atoms with Gasteiger partial charge in [-0.1, -0.05) is 34.1 Å². The fourth-order valence-electron chi connectivity index (χ4n) is 4.00. The summed E-state index contributed by atoms with van der Waals surface area (Å²) >= 11 is 4.44. The molecule has 188 valence electrons. The molecule has 6 nitrogen and oxygen atoms in total. The lowest BCUT2D eigenvalue weighted by atomic mass is 10.1. The molecule has 37 heavy (non-hydrogen) atoms. The van der Waals surface area contributed by atoms with Crippen LogP contribution < -0.4 is 9.47 Å². The van der Waals surface area contributed by atoms with Crippen molar-refractivity contribution in [2.75, 3.05) is 19.8 Å². The number of imide groups is 1. The van der Waals surface area contributed by atoms with Gasteiger partial charge in [-0.05, 0) is 72.4 Å². The van der Waals surface area contributed by atoms with Gasteiger partial charge < -0.3 is 14.0 Å². The van der Waals surface area contributed by atoms with E-state index in [1.165, 1.54) is 29.2 Å². The first-order chi connectivity index (χ1) is 18.0. The fourth-order valence-corrected chi connectivity index (χ4v) is 5.21. The Balaban J connectivity index is 1.30. The second-order valence-electron chi connectivity index (χ2n) is 8.24. The minimum Gasteiger partial charge on any atom is -0.492 e. The number of thioether (sulfide) groups is 1. The molecule has 0 aliphatic carbocycles. The van der Waals surface area contributed by atoms with E-state index in [4.69, 9.17) is 9.47 Å². The number of ether oxygens (including phenoxy) is 2. The summed E-state index contributed by atoms with van der Waals surface area (Å²) in [5.41, 5.74) is 1.84. The Labute approximate surface area is 225 Å². The molecule has 3 aromatic carbocycles. The Morgan fingerprint density at radius 2 is 1.59 bits per heavy atom. The second kappa shape index (κ2) is 11.2. The van der Waals surface area contributed by atoms with E-state index in [-0.39, 0.29) is 30.1 Å². The van der Waals surface area contributed by atoms with Crippen molar-refractivity contribution in [1.82, 2.24) is 9.47 Å². The van der Waals surface area contributed by atoms with Crippen molar-refractivity contribution in [3.05, 3.63) is 99.8 Å². The van der Waals surface area contributed by atoms with E-state index in [9.17, 15) is 14.0 Å². The van der Waals surface area contributed by atoms with E-state index < -0.39 is 0 Å². The Morgan fingerprint density at radius 3 is 2.35 bits per heavy atom. The number of aromatic nitrogens is 1. The Kier molecular flexibility index (Phi) is 7.62. The van der Waals surface area contributed by atoms with E-state index >= 15 is 0 Å². The average molecular weight is 581 g/mol. The normalized spacial score (nSPS) is 14.6. The number of fused-ring (bicyclic) bond motifs is 1. The van der Waals surface area contributed by atoms with Gasteiger partial charge in [0.25, 0.3) is 11.1 Å². The lowest BCUT2D eigenvalue weighted by Gasteiger charge is -2.13. The molecule has 0 N–H and O–H groups in total. The van der Waals surface area contributed by atoms with Crippen LogP contribution in [0.15, 0.2) is 88.4 Å². The van der Waals surface area contributed by atoms with E-state index in [0.717, 1.165) is 38.5 Å². The van der Waals surface area contributed by atoms with Crippen LogP contribution in [0.4, 0.5) is 9.18 Å². The van der Waals surface area contributed by atoms with Gasteiger partial charge in [0.05, 0.1) is 18.0 Å². The molecule has 0 unspecified atom stereocenters. The topological polar surface area (TPSA) is 60.8 Å². The molecule has 0 radical (unpaired) electrons. The highest BCUT2D eigenvalue weighted by Gasteiger charge is 2.35. The highest BCUT2D eigenvalue weighted by atomic mass is 79.9. The summed E-state index contributed by atoms with van der Waals surface area (Å²) in [5.74, 6) is 0.555. The molecule has 0 atom stereocenters. The van der Waals surface area contributed by atoms with Crippen molar-refractivity contribution in [2.24, 2.45) is 0 Å². The third-order valence-electron chi connectivity index (χ3n) is 5.78. The largest absolute Gasteiger partial charge is 0.492 e. The van der Waals surface area contributed by atoms with Crippen molar-refractivity contribution < 1.29 is 23.5 Å². The molecule has 1 saturated heterocycles. The number of carbonyl (C=O) groups is 2. The lowest BCUT2D eigenvalue weighted by Crippen LogP contribution is -2.32. The van der Waals surface area contributed by atoms with Gasteiger partial charge in [0.15, 0.2) is 0 Å². The van der Waals surface area contributed by atoms with E-state index in [1.807, 2.05) is 54.7 Å². The molecule has 0 spiro atoms. The molecule has 1 aliphatic heterocycles. The third-order valence-corrected chi connectivity index (χ3v) is 7.18. The van der Waals surface area contributed by atoms with Crippen LogP contribution in [0.5, 0.6) is 11.5 Å². The molecule has 2 heterocycles. The van der Waals surface area contributed by atoms with Crippen LogP contribution in [-0.2, 0) is 11.3 Å². The van der Waals surface area contributed by atoms with Gasteiger partial charge in [-0.15, -0.1) is 0 Å². The molecule has 0 saturated carbocycles. The molecule has 1 fully saturated rings. The van der Waals surface area contributed by atoms with Crippen molar-refractivity contribution >= 4 is 55.8 Å². The van der Waals surface area contributed by atoms with Gasteiger partial charge in [0, 0.05) is 27.1 Å². The monoisotopic (exact) mass is 580 g/mol. The summed E-state index contributed by atoms with van der Waals surface area (Å²) in [6.07, 6.45) is 3.73. The van der Waals surface area contributed by atoms with Crippen LogP contribution in [0.2, 0.25) is 0 Å². The molecule has 9 heteroatoms. The summed E-state index contributed by atoms with van der Waals surface area (Å²) in [5, 5.41) is 0.612. The number of amides is 2. The van der Waals surface area contributed by atoms with Crippen LogP contribution in [-0.4, -0.2) is 40.4 Å². The minimum absolute atomic E-state index is 0.101. The second-order valence-corrected chi connectivity index (χ2v) is 10.1. The number of benzene rings is 3. The van der Waals surface area contributed by atoms with Gasteiger partial charge in [-0.25, -0.2) is 4.39 Å². The predicted molar refractivity (Wildman–Crippen MR) is 146 cm³/mol. The minimum atomic E-state index is -0.361. The number of carbonyl (C=O) groups excluding carboxylic acids is 2. The number of nitrogens with zero attached hydrogens (tertiary/aromatic N) is 2. The Bertz CT molecular complexity index is 1470. The number of hydrogen-bond acceptors (Lipinski definition) is 5. The van der Waals surface area contributed by atoms with Crippen molar-refractivity contribution in [1.29, 1.82) is 0 Å². The smallest absolute Gasteiger partial charge is 0.293 e. The maximum Gasteiger partial charge on any atom is 0.293 e. The molecule has 0 bridgehead atoms. The number of rotatable bonds is 9. The lowest BCUT2D eigenvalue weighted by molar-refractivity contribution is -0.123. The van der Waals surface area contributed by atoms with Gasteiger partial charge in [0.1, 0.15) is 30.5 Å². The maximum atomic E-state index is 13.1. The molecule has 2 amide bonds. The van der Waals surface area contributed by atoms with Crippen molar-refractivity contribution in [3.8, 4) is 11.5 Å². The summed E-state index contributed by atoms with van der Waals surface area (Å²) in [6, 6.07) is 21.2. The van der Waals surface area contributed by atoms with Crippen molar-refractivity contribution in [2.45, 2.75) is 6.54 Å². The number of halogens is 2. The fraction of sp³-hybridized carbons (Fsp3) is 0.143. The van der Waals surface area contributed by atoms with E-state index in [2.05, 4.69) is 20.5 Å². The SMILES string of the molecule is O=C1S/C(=C\c2cn(CCOc3ccccc3)c3ccc(Br)cc23)C(=O)N1CCOc1ccc(F)cc1. The van der Waals surface area contributed by atoms with Gasteiger partial charge in [-0.2, -0.15) is 0 Å². The summed E-state index contributed by atoms with van der Waals surface area (Å²) in [7, 11) is 0. The Hall–Kier alpha value is -3.56. The highest BCUT2D eigenvalue weighted by molar-refractivity contribution is 9.10. The zero-order valence-electron chi connectivity index (χ0n) is 19.6. The average Bonchev–Trinajstić information content (AvgIpc) is 3.37. The van der Waals surface area contributed by atoms with E-state index in [0.29, 0.717) is 23.8 Å². The molecular weight excluding hydrogens is 559 g/mol. The van der Waals surface area contributed by atoms with Crippen LogP contribution >= 0.6 is 27.7 Å². The third kappa shape index (κ3) is 5.89. The van der Waals surface area contributed by atoms with Crippen LogP contribution in [0.1, 0.15) is 5.56 Å². The summed E-state index contributed by atoms with van der Waals surface area (Å²) in [4.78, 5) is 27.1. The van der Waals surface area contributed by atoms with Crippen LogP contribution in [0.3, 0.4) is 0 Å². The first-order valence-electron chi connectivity index (χ1n) is 11.6. The molecule has 4 aromatic rings. The van der Waals surface area contributed by atoms with Crippen LogP contribution in [0, 0.1) is 5.82 Å². The number of para-hydroxylation sites is 1. The predicted octanol–water partition coefficient (Wildman–Crippen LogP) is 6.74. The van der Waals surface area contributed by atoms with Crippen molar-refractivity contribution in [3.63, 3.8) is 0 Å². The first-order valence-corrected chi connectivity index (χ1v) is 13.2. The van der Waals surface area contributed by atoms with Gasteiger partial charge >= 0.3 is 0 Å². The van der Waals surface area contributed by atoms with E-state index in [1.54, 1.807) is 6.08 Å². The maximum absolute atomic E-state index is 13.1. The Morgan fingerprint density at radius 1 is 0.892 bits per heavy atom. The molecule has 1 aliphatic rings. The van der Waals surface area contributed by atoms with Crippen LogP contribution in [0.25, 0.3) is 17.0 Å². The molecule has 1 aromatic heterocycles. The summed E-state index contributed by atoms with van der Waals surface area (Å²) < 4.78 is 27.5. The zero-order valence-corrected chi connectivity index (χ0v) is 22.0. The van der Waals surface area contributed by atoms with Gasteiger partial charge in [0.2, 0.25) is 0 Å². The number of hydrogen-bond donors (Lipinski definition) is 0.